The molecule has 4 saturated carbocycles. The summed E-state index contributed by atoms with van der Waals surface area (Å²) in [5.74, 6) is 5.26. The Morgan fingerprint density at radius 1 is 0.933 bits per heavy atom. The summed E-state index contributed by atoms with van der Waals surface area (Å²) in [5.41, 5.74) is 7.17. The van der Waals surface area contributed by atoms with Crippen LogP contribution in [0, 0.1) is 52.3 Å². The molecule has 0 aliphatic heterocycles. The van der Waals surface area contributed by atoms with Gasteiger partial charge in [-0.1, -0.05) is 53.9 Å². The van der Waals surface area contributed by atoms with Gasteiger partial charge in [-0.3, -0.25) is 0 Å². The van der Waals surface area contributed by atoms with Gasteiger partial charge in [-0.25, -0.2) is 0 Å². The second-order valence-electron chi connectivity index (χ2n) is 12.9. The average Bonchev–Trinajstić information content (AvgIpc) is 3.04. The van der Waals surface area contributed by atoms with Crippen molar-refractivity contribution in [2.45, 2.75) is 117 Å². The van der Waals surface area contributed by atoms with Crippen LogP contribution in [-0.2, 0) is 0 Å². The predicted octanol–water partition coefficient (Wildman–Crippen LogP) is 5.38. The first-order valence-electron chi connectivity index (χ1n) is 13.2. The van der Waals surface area contributed by atoms with Crippen LogP contribution in [0.2, 0.25) is 0 Å². The molecule has 174 valence electrons. The van der Waals surface area contributed by atoms with Gasteiger partial charge in [0, 0.05) is 6.04 Å². The quantitative estimate of drug-likeness (QED) is 0.561. The minimum atomic E-state index is -0.754. The van der Waals surface area contributed by atoms with Gasteiger partial charge in [0.05, 0.1) is 12.2 Å². The second kappa shape index (κ2) is 8.34. The van der Waals surface area contributed by atoms with E-state index in [1.165, 1.54) is 57.8 Å². The summed E-state index contributed by atoms with van der Waals surface area (Å²) >= 11 is 0. The van der Waals surface area contributed by atoms with E-state index in [0.717, 1.165) is 36.0 Å². The highest BCUT2D eigenvalue weighted by atomic mass is 16.3. The maximum atomic E-state index is 10.6. The van der Waals surface area contributed by atoms with Crippen molar-refractivity contribution in [3.05, 3.63) is 0 Å². The molecule has 30 heavy (non-hydrogen) atoms. The van der Waals surface area contributed by atoms with Crippen LogP contribution in [-0.4, -0.2) is 28.5 Å². The molecule has 4 N–H and O–H groups in total. The molecule has 0 radical (unpaired) electrons. The Hall–Kier alpha value is -0.120. The van der Waals surface area contributed by atoms with Crippen molar-refractivity contribution in [2.24, 2.45) is 58.0 Å². The van der Waals surface area contributed by atoms with E-state index in [4.69, 9.17) is 5.73 Å². The van der Waals surface area contributed by atoms with Crippen LogP contribution in [0.1, 0.15) is 98.8 Å². The van der Waals surface area contributed by atoms with Gasteiger partial charge in [0.25, 0.3) is 0 Å². The molecule has 3 nitrogen and oxygen atoms in total. The smallest absolute Gasteiger partial charge is 0.0955 e. The summed E-state index contributed by atoms with van der Waals surface area (Å²) in [6.45, 7) is 12.2. The lowest BCUT2D eigenvalue weighted by molar-refractivity contribution is -0.172. The predicted molar refractivity (Wildman–Crippen MR) is 124 cm³/mol. The Kier molecular flexibility index (Phi) is 6.41. The van der Waals surface area contributed by atoms with E-state index >= 15 is 0 Å². The maximum Gasteiger partial charge on any atom is 0.0955 e. The summed E-state index contributed by atoms with van der Waals surface area (Å²) in [6.07, 6.45) is 11.4. The minimum absolute atomic E-state index is 0.0101. The van der Waals surface area contributed by atoms with E-state index in [1.54, 1.807) is 0 Å². The largest absolute Gasteiger partial charge is 0.390 e. The zero-order chi connectivity index (χ0) is 21.8. The van der Waals surface area contributed by atoms with Gasteiger partial charge >= 0.3 is 0 Å². The van der Waals surface area contributed by atoms with Gasteiger partial charge in [0.1, 0.15) is 0 Å². The first-order chi connectivity index (χ1) is 14.1. The zero-order valence-electron chi connectivity index (χ0n) is 20.3. The number of rotatable bonds is 5. The third-order valence-corrected chi connectivity index (χ3v) is 11.2. The van der Waals surface area contributed by atoms with Gasteiger partial charge in [0.2, 0.25) is 0 Å². The van der Waals surface area contributed by atoms with E-state index in [-0.39, 0.29) is 11.5 Å². The number of hydrogen-bond acceptors (Lipinski definition) is 3. The molecule has 0 spiro atoms. The average molecular weight is 420 g/mol. The lowest BCUT2D eigenvalue weighted by Gasteiger charge is -2.63. The molecule has 3 heteroatoms. The van der Waals surface area contributed by atoms with E-state index < -0.39 is 12.2 Å². The Labute approximate surface area is 185 Å². The molecule has 0 amide bonds. The molecule has 4 rings (SSSR count). The number of hydrogen-bond donors (Lipinski definition) is 3. The van der Waals surface area contributed by atoms with Crippen LogP contribution in [0.3, 0.4) is 0 Å². The molecule has 0 aromatic rings. The van der Waals surface area contributed by atoms with Crippen LogP contribution in [0.25, 0.3) is 0 Å². The standard InChI is InChI=1S/C27H49NO2/c1-16(2)7-6-8-17(3)20-11-12-21-19-10-9-18-15-23(29)24(30)25(28)27(18,5)22(19)13-14-26(20,21)4/h16-25,29-30H,6-15,28H2,1-5H3/t17-,18?,19+,20-,21+,22+,23-,24-,25?,26-,27+/m1/s1. The topological polar surface area (TPSA) is 66.5 Å². The van der Waals surface area contributed by atoms with Gasteiger partial charge in [0.15, 0.2) is 0 Å². The van der Waals surface area contributed by atoms with Gasteiger partial charge in [-0.15, -0.1) is 0 Å². The number of nitrogens with two attached hydrogens (primary N) is 1. The Balaban J connectivity index is 1.51. The lowest BCUT2D eigenvalue weighted by Crippen LogP contribution is -2.66. The molecular weight excluding hydrogens is 370 g/mol. The Morgan fingerprint density at radius 3 is 2.37 bits per heavy atom. The van der Waals surface area contributed by atoms with Crippen LogP contribution >= 0.6 is 0 Å². The highest BCUT2D eigenvalue weighted by Crippen LogP contribution is 2.68. The molecular formula is C27H49NO2. The minimum Gasteiger partial charge on any atom is -0.390 e. The molecule has 0 bridgehead atoms. The fourth-order valence-corrected chi connectivity index (χ4v) is 9.42. The molecule has 2 unspecified atom stereocenters. The molecule has 0 heterocycles. The molecule has 4 aliphatic rings. The van der Waals surface area contributed by atoms with Crippen molar-refractivity contribution in [3.8, 4) is 0 Å². The fourth-order valence-electron chi connectivity index (χ4n) is 9.42. The Bertz CT molecular complexity index is 604. The van der Waals surface area contributed by atoms with Crippen LogP contribution in [0.4, 0.5) is 0 Å². The normalized spacial score (nSPS) is 51.9. The zero-order valence-corrected chi connectivity index (χ0v) is 20.3. The summed E-state index contributed by atoms with van der Waals surface area (Å²) in [5, 5.41) is 21.0. The van der Waals surface area contributed by atoms with Crippen LogP contribution in [0.5, 0.6) is 0 Å². The van der Waals surface area contributed by atoms with E-state index in [9.17, 15) is 10.2 Å². The highest BCUT2D eigenvalue weighted by molar-refractivity contribution is 5.14. The van der Waals surface area contributed by atoms with Crippen LogP contribution < -0.4 is 5.73 Å². The summed E-state index contributed by atoms with van der Waals surface area (Å²) in [4.78, 5) is 0. The number of aliphatic hydroxyl groups excluding tert-OH is 2. The van der Waals surface area contributed by atoms with Gasteiger partial charge in [-0.2, -0.15) is 0 Å². The molecule has 0 aromatic heterocycles. The number of fused-ring (bicyclic) bond motifs is 5. The van der Waals surface area contributed by atoms with Gasteiger partial charge in [-0.05, 0) is 97.2 Å². The van der Waals surface area contributed by atoms with Gasteiger partial charge < -0.3 is 15.9 Å². The monoisotopic (exact) mass is 419 g/mol. The Morgan fingerprint density at radius 2 is 1.67 bits per heavy atom. The molecule has 4 fully saturated rings. The van der Waals surface area contributed by atoms with Crippen molar-refractivity contribution in [3.63, 3.8) is 0 Å². The SMILES string of the molecule is CC(C)CCC[C@@H](C)[C@H]1CC[C@H]2[C@@H]3CCC4C[C@@H](O)[C@@H](O)C(N)[C@]4(C)[C@H]3CC[C@]12C. The van der Waals surface area contributed by atoms with E-state index in [1.807, 2.05) is 0 Å². The molecule has 11 atom stereocenters. The summed E-state index contributed by atoms with van der Waals surface area (Å²) in [6, 6.07) is -0.282. The molecule has 4 aliphatic carbocycles. The van der Waals surface area contributed by atoms with Crippen molar-refractivity contribution in [1.29, 1.82) is 0 Å². The molecule has 0 aromatic carbocycles. The second-order valence-corrected chi connectivity index (χ2v) is 12.9. The lowest BCUT2D eigenvalue weighted by atomic mass is 9.43. The highest BCUT2D eigenvalue weighted by Gasteiger charge is 2.63. The summed E-state index contributed by atoms with van der Waals surface area (Å²) < 4.78 is 0. The maximum absolute atomic E-state index is 10.6. The molecule has 0 saturated heterocycles. The fraction of sp³-hybridized carbons (Fsp3) is 1.00. The van der Waals surface area contributed by atoms with Crippen molar-refractivity contribution in [1.82, 2.24) is 0 Å². The third kappa shape index (κ3) is 3.50. The van der Waals surface area contributed by atoms with Crippen molar-refractivity contribution >= 4 is 0 Å². The van der Waals surface area contributed by atoms with E-state index in [0.29, 0.717) is 17.3 Å². The van der Waals surface area contributed by atoms with E-state index in [2.05, 4.69) is 34.6 Å². The number of aliphatic hydroxyl groups is 2. The summed E-state index contributed by atoms with van der Waals surface area (Å²) in [7, 11) is 0. The first kappa shape index (κ1) is 23.1. The van der Waals surface area contributed by atoms with Crippen molar-refractivity contribution < 1.29 is 10.2 Å². The third-order valence-electron chi connectivity index (χ3n) is 11.2. The van der Waals surface area contributed by atoms with Crippen molar-refractivity contribution in [2.75, 3.05) is 0 Å². The first-order valence-corrected chi connectivity index (χ1v) is 13.2. The van der Waals surface area contributed by atoms with Crippen LogP contribution in [0.15, 0.2) is 0 Å².